The molecule has 12 nitrogen and oxygen atoms in total. The molecular formula is C29H32Cl2N10O2. The fraction of sp³-hybridized carbons (Fsp3) is 0.310. The first-order valence-electron chi connectivity index (χ1n) is 13.7. The van der Waals surface area contributed by atoms with Crippen molar-refractivity contribution in [1.82, 2.24) is 40.0 Å². The van der Waals surface area contributed by atoms with Crippen LogP contribution >= 0.6 is 23.2 Å². The molecule has 4 aromatic rings. The molecule has 1 fully saturated rings. The normalized spacial score (nSPS) is 13.9. The number of amides is 1. The second kappa shape index (κ2) is 13.9. The Hall–Kier alpha value is -4.10. The van der Waals surface area contributed by atoms with Crippen LogP contribution in [0.5, 0.6) is 5.75 Å². The summed E-state index contributed by atoms with van der Waals surface area (Å²) >= 11 is 13.3. The van der Waals surface area contributed by atoms with Gasteiger partial charge in [0.1, 0.15) is 40.9 Å². The summed E-state index contributed by atoms with van der Waals surface area (Å²) in [4.78, 5) is 39.4. The van der Waals surface area contributed by atoms with Crippen molar-refractivity contribution in [3.63, 3.8) is 0 Å². The minimum Gasteiger partial charge on any atom is -0.495 e. The van der Waals surface area contributed by atoms with Crippen LogP contribution in [0.1, 0.15) is 22.8 Å². The van der Waals surface area contributed by atoms with E-state index in [0.717, 1.165) is 38.3 Å². The van der Waals surface area contributed by atoms with Gasteiger partial charge < -0.3 is 25.6 Å². The Morgan fingerprint density at radius 3 is 2.49 bits per heavy atom. The van der Waals surface area contributed by atoms with Crippen LogP contribution < -0.4 is 20.7 Å². The lowest BCUT2D eigenvalue weighted by Gasteiger charge is -2.32. The van der Waals surface area contributed by atoms with Crippen molar-refractivity contribution in [1.29, 1.82) is 0 Å². The van der Waals surface area contributed by atoms with Gasteiger partial charge in [-0.15, -0.1) is 0 Å². The van der Waals surface area contributed by atoms with Gasteiger partial charge in [-0.1, -0.05) is 29.3 Å². The number of hydrogen-bond acceptors (Lipinski definition) is 11. The summed E-state index contributed by atoms with van der Waals surface area (Å²) in [6.45, 7) is 7.36. The van der Waals surface area contributed by atoms with Crippen LogP contribution in [0.25, 0.3) is 11.3 Å². The summed E-state index contributed by atoms with van der Waals surface area (Å²) in [6.07, 6.45) is 6.31. The van der Waals surface area contributed by atoms with Crippen LogP contribution in [0.2, 0.25) is 10.0 Å². The molecule has 0 radical (unpaired) electrons. The standard InChI is InChI=1S/C29H32Cl2N10O2/c1-4-33-29(42)19-11-22(43-3)26(31)27(25(19)30)39-28-20(14-32-16-37-28)21-12-24(36-17-35-21)38-23-6-5-18(13-34-23)15-41-9-7-40(2)8-10-41/h5-6,11-14,16-17H,4,7-10,15H2,1-3H3,(H,33,42)(H,32,37,39)(H,34,35,36,38). The van der Waals surface area contributed by atoms with Gasteiger partial charge in [-0.25, -0.2) is 24.9 Å². The monoisotopic (exact) mass is 622 g/mol. The molecular weight excluding hydrogens is 591 g/mol. The minimum absolute atomic E-state index is 0.119. The molecule has 0 spiro atoms. The Kier molecular flexibility index (Phi) is 9.82. The number of nitrogens with one attached hydrogen (secondary N) is 3. The Labute approximate surface area is 259 Å². The number of piperazine rings is 1. The van der Waals surface area contributed by atoms with E-state index in [-0.39, 0.29) is 33.0 Å². The van der Waals surface area contributed by atoms with Crippen molar-refractivity contribution in [3.05, 3.63) is 70.5 Å². The number of aromatic nitrogens is 5. The summed E-state index contributed by atoms with van der Waals surface area (Å²) in [6, 6.07) is 7.26. The fourth-order valence-electron chi connectivity index (χ4n) is 4.59. The molecule has 3 aromatic heterocycles. The zero-order chi connectivity index (χ0) is 30.3. The third kappa shape index (κ3) is 7.28. The smallest absolute Gasteiger partial charge is 0.253 e. The van der Waals surface area contributed by atoms with E-state index >= 15 is 0 Å². The molecule has 1 amide bonds. The van der Waals surface area contributed by atoms with Gasteiger partial charge in [0.25, 0.3) is 5.91 Å². The first-order chi connectivity index (χ1) is 20.9. The van der Waals surface area contributed by atoms with Crippen LogP contribution in [-0.2, 0) is 6.54 Å². The molecule has 224 valence electrons. The van der Waals surface area contributed by atoms with Crippen molar-refractivity contribution in [2.45, 2.75) is 13.5 Å². The molecule has 0 atom stereocenters. The summed E-state index contributed by atoms with van der Waals surface area (Å²) in [5, 5.41) is 9.45. The first kappa shape index (κ1) is 30.4. The Balaban J connectivity index is 1.36. The number of ether oxygens (including phenoxy) is 1. The van der Waals surface area contributed by atoms with Gasteiger partial charge in [0, 0.05) is 57.7 Å². The second-order valence-corrected chi connectivity index (χ2v) is 10.7. The highest BCUT2D eigenvalue weighted by Gasteiger charge is 2.22. The molecule has 3 N–H and O–H groups in total. The predicted molar refractivity (Wildman–Crippen MR) is 168 cm³/mol. The SMILES string of the molecule is CCNC(=O)c1cc(OC)c(Cl)c(Nc2ncncc2-c2cc(Nc3ccc(CN4CCN(C)CC4)cn3)ncn2)c1Cl. The predicted octanol–water partition coefficient (Wildman–Crippen LogP) is 4.63. The average molecular weight is 624 g/mol. The van der Waals surface area contributed by atoms with Crippen LogP contribution in [-0.4, -0.2) is 87.5 Å². The van der Waals surface area contributed by atoms with E-state index < -0.39 is 0 Å². The van der Waals surface area contributed by atoms with Gasteiger partial charge in [0.2, 0.25) is 0 Å². The van der Waals surface area contributed by atoms with Crippen LogP contribution in [0, 0.1) is 0 Å². The number of methoxy groups -OCH3 is 1. The van der Waals surface area contributed by atoms with Crippen molar-refractivity contribution in [3.8, 4) is 17.0 Å². The average Bonchev–Trinajstić information content (AvgIpc) is 3.02. The van der Waals surface area contributed by atoms with Gasteiger partial charge in [0.05, 0.1) is 34.6 Å². The number of likely N-dealkylation sites (N-methyl/N-ethyl adjacent to an activating group) is 1. The quantitative estimate of drug-likeness (QED) is 0.228. The fourth-order valence-corrected chi connectivity index (χ4v) is 5.19. The van der Waals surface area contributed by atoms with E-state index in [1.54, 1.807) is 12.3 Å². The first-order valence-corrected chi connectivity index (χ1v) is 14.5. The van der Waals surface area contributed by atoms with Crippen LogP contribution in [0.15, 0.2) is 49.3 Å². The van der Waals surface area contributed by atoms with E-state index in [9.17, 15) is 4.79 Å². The zero-order valence-electron chi connectivity index (χ0n) is 24.1. The third-order valence-corrected chi connectivity index (χ3v) is 7.72. The number of rotatable bonds is 10. The van der Waals surface area contributed by atoms with Gasteiger partial charge in [-0.05, 0) is 31.7 Å². The molecule has 14 heteroatoms. The van der Waals surface area contributed by atoms with E-state index in [4.69, 9.17) is 27.9 Å². The van der Waals surface area contributed by atoms with Gasteiger partial charge in [-0.3, -0.25) is 9.69 Å². The topological polar surface area (TPSA) is 133 Å². The molecule has 1 aromatic carbocycles. The molecule has 5 rings (SSSR count). The molecule has 0 saturated carbocycles. The lowest BCUT2D eigenvalue weighted by Crippen LogP contribution is -2.43. The van der Waals surface area contributed by atoms with E-state index in [1.165, 1.54) is 25.8 Å². The lowest BCUT2D eigenvalue weighted by molar-refractivity contribution is 0.0955. The molecule has 1 aliphatic rings. The van der Waals surface area contributed by atoms with Crippen LogP contribution in [0.4, 0.5) is 23.1 Å². The van der Waals surface area contributed by atoms with Gasteiger partial charge >= 0.3 is 0 Å². The molecule has 1 saturated heterocycles. The van der Waals surface area contributed by atoms with E-state index in [0.29, 0.717) is 35.3 Å². The molecule has 43 heavy (non-hydrogen) atoms. The maximum atomic E-state index is 12.7. The molecule has 0 bridgehead atoms. The number of nitrogens with zero attached hydrogens (tertiary/aromatic N) is 7. The molecule has 4 heterocycles. The molecule has 0 aliphatic carbocycles. The number of hydrogen-bond donors (Lipinski definition) is 3. The zero-order valence-corrected chi connectivity index (χ0v) is 25.6. The van der Waals surface area contributed by atoms with Gasteiger partial charge in [-0.2, -0.15) is 0 Å². The number of benzene rings is 1. The Morgan fingerprint density at radius 1 is 0.953 bits per heavy atom. The van der Waals surface area contributed by atoms with E-state index in [2.05, 4.69) is 63.8 Å². The maximum absolute atomic E-state index is 12.7. The highest BCUT2D eigenvalue weighted by molar-refractivity contribution is 6.42. The van der Waals surface area contributed by atoms with Crippen LogP contribution in [0.3, 0.4) is 0 Å². The Morgan fingerprint density at radius 2 is 1.77 bits per heavy atom. The molecule has 1 aliphatic heterocycles. The number of carbonyl (C=O) groups excluding carboxylic acids is 1. The lowest BCUT2D eigenvalue weighted by atomic mass is 10.1. The van der Waals surface area contributed by atoms with E-state index in [1.807, 2.05) is 19.2 Å². The summed E-state index contributed by atoms with van der Waals surface area (Å²) in [5.74, 6) is 1.48. The van der Waals surface area contributed by atoms with Crippen molar-refractivity contribution in [2.24, 2.45) is 0 Å². The second-order valence-electron chi connectivity index (χ2n) is 9.94. The van der Waals surface area contributed by atoms with Gasteiger partial charge in [0.15, 0.2) is 0 Å². The summed E-state index contributed by atoms with van der Waals surface area (Å²) in [5.41, 5.74) is 2.71. The molecule has 0 unspecified atom stereocenters. The Bertz CT molecular complexity index is 1580. The third-order valence-electron chi connectivity index (χ3n) is 6.95. The van der Waals surface area contributed by atoms with Crippen molar-refractivity contribution >= 4 is 52.3 Å². The van der Waals surface area contributed by atoms with Crippen molar-refractivity contribution in [2.75, 3.05) is 57.5 Å². The number of halogens is 2. The number of carbonyl (C=O) groups is 1. The highest BCUT2D eigenvalue weighted by atomic mass is 35.5. The maximum Gasteiger partial charge on any atom is 0.253 e. The largest absolute Gasteiger partial charge is 0.495 e. The minimum atomic E-state index is -0.360. The number of pyridine rings is 1. The summed E-state index contributed by atoms with van der Waals surface area (Å²) < 4.78 is 5.40. The van der Waals surface area contributed by atoms with Crippen molar-refractivity contribution < 1.29 is 9.53 Å². The highest BCUT2D eigenvalue weighted by Crippen LogP contribution is 2.42. The number of anilines is 4. The summed E-state index contributed by atoms with van der Waals surface area (Å²) in [7, 11) is 3.61.